The van der Waals surface area contributed by atoms with Gasteiger partial charge in [-0.2, -0.15) is 0 Å². The third-order valence-corrected chi connectivity index (χ3v) is 11.3. The van der Waals surface area contributed by atoms with E-state index in [1.54, 1.807) is 24.3 Å². The highest BCUT2D eigenvalue weighted by Crippen LogP contribution is 2.47. The Bertz CT molecular complexity index is 1620. The number of hydrogen-bond acceptors (Lipinski definition) is 7. The van der Waals surface area contributed by atoms with E-state index < -0.39 is 27.0 Å². The average Bonchev–Trinajstić information content (AvgIpc) is 3.88. The Hall–Kier alpha value is -2.66. The molecule has 3 atom stereocenters. The van der Waals surface area contributed by atoms with Crippen molar-refractivity contribution in [3.63, 3.8) is 0 Å². The van der Waals surface area contributed by atoms with Gasteiger partial charge in [-0.3, -0.25) is 4.79 Å². The van der Waals surface area contributed by atoms with Gasteiger partial charge in [-0.05, 0) is 81.7 Å². The van der Waals surface area contributed by atoms with Crippen molar-refractivity contribution in [1.29, 1.82) is 0 Å². The Kier molecular flexibility index (Phi) is 7.24. The first-order valence-corrected chi connectivity index (χ1v) is 16.7. The summed E-state index contributed by atoms with van der Waals surface area (Å²) in [6.07, 6.45) is 6.40. The third-order valence-electron chi connectivity index (χ3n) is 8.81. The second-order valence-electron chi connectivity index (χ2n) is 11.8. The molecule has 3 heterocycles. The summed E-state index contributed by atoms with van der Waals surface area (Å²) in [4.78, 5) is 14.6. The van der Waals surface area contributed by atoms with Crippen LogP contribution >= 0.6 is 23.2 Å². The summed E-state index contributed by atoms with van der Waals surface area (Å²) < 4.78 is 54.0. The van der Waals surface area contributed by atoms with E-state index in [4.69, 9.17) is 32.5 Å². The molecule has 2 aliphatic heterocycles. The molecule has 2 saturated carbocycles. The van der Waals surface area contributed by atoms with Gasteiger partial charge in [0.1, 0.15) is 17.3 Å². The molecule has 8 nitrogen and oxygen atoms in total. The van der Waals surface area contributed by atoms with Crippen molar-refractivity contribution in [3.05, 3.63) is 69.1 Å². The van der Waals surface area contributed by atoms with Gasteiger partial charge >= 0.3 is 0 Å². The number of ether oxygens (including phenoxy) is 1. The molecule has 4 aliphatic rings. The lowest BCUT2D eigenvalue weighted by molar-refractivity contribution is 0.0146. The van der Waals surface area contributed by atoms with Crippen molar-refractivity contribution in [1.82, 2.24) is 9.88 Å². The summed E-state index contributed by atoms with van der Waals surface area (Å²) in [5, 5.41) is 4.82. The van der Waals surface area contributed by atoms with E-state index >= 15 is 4.39 Å². The molecule has 4 fully saturated rings. The van der Waals surface area contributed by atoms with Gasteiger partial charge in [-0.25, -0.2) is 17.5 Å². The van der Waals surface area contributed by atoms with Crippen LogP contribution in [-0.2, 0) is 21.4 Å². The number of nitrogens with one attached hydrogen (secondary N) is 1. The highest BCUT2D eigenvalue weighted by Gasteiger charge is 2.43. The molecule has 42 heavy (non-hydrogen) atoms. The number of anilines is 1. The van der Waals surface area contributed by atoms with Crippen LogP contribution in [0.25, 0.3) is 11.3 Å². The number of hydrogen-bond donors (Lipinski definition) is 1. The van der Waals surface area contributed by atoms with Crippen LogP contribution in [0, 0.1) is 5.82 Å². The smallest absolute Gasteiger partial charge is 0.264 e. The van der Waals surface area contributed by atoms with E-state index in [2.05, 4.69) is 14.8 Å². The van der Waals surface area contributed by atoms with Gasteiger partial charge in [-0.15, -0.1) is 0 Å². The first-order valence-electron chi connectivity index (χ1n) is 14.4. The van der Waals surface area contributed by atoms with Crippen molar-refractivity contribution in [2.75, 3.05) is 4.90 Å². The fourth-order valence-electron chi connectivity index (χ4n) is 6.41. The molecule has 2 unspecified atom stereocenters. The maximum Gasteiger partial charge on any atom is 0.264 e. The number of carbonyl (C=O) groups excluding carboxylic acids is 1. The standard InChI is InChI=1S/C30H30Cl2FN3O5S/c31-23-2-1-3-24(32)27(23)28-22(29(41-34-28)16-4-5-16)15-40-20-13-18-7-8-19(14-20)36(18)26-11-6-17(12-25(26)33)30(37)35-42(38,39)21-9-10-21/h1-3,6,11-12,16,18-21H,4-5,7-10,13-15H2,(H,35,37)/t18-,19?,20?/m0/s1. The van der Waals surface area contributed by atoms with E-state index in [1.807, 2.05) is 0 Å². The van der Waals surface area contributed by atoms with Gasteiger partial charge in [0.05, 0.1) is 33.7 Å². The Labute approximate surface area is 253 Å². The number of fused-ring (bicyclic) bond motifs is 2. The third kappa shape index (κ3) is 5.31. The zero-order chi connectivity index (χ0) is 29.2. The number of sulfonamides is 1. The number of halogens is 3. The maximum absolute atomic E-state index is 15.4. The second kappa shape index (κ2) is 10.8. The molecule has 7 rings (SSSR count). The summed E-state index contributed by atoms with van der Waals surface area (Å²) in [5.41, 5.74) is 2.55. The number of piperidine rings is 1. The van der Waals surface area contributed by atoms with Crippen LogP contribution in [0.5, 0.6) is 0 Å². The molecule has 0 spiro atoms. The predicted molar refractivity (Wildman–Crippen MR) is 157 cm³/mol. The largest absolute Gasteiger partial charge is 0.373 e. The van der Waals surface area contributed by atoms with Crippen molar-refractivity contribution in [2.24, 2.45) is 0 Å². The Balaban J connectivity index is 1.05. The molecule has 222 valence electrons. The van der Waals surface area contributed by atoms with Crippen molar-refractivity contribution < 1.29 is 26.9 Å². The van der Waals surface area contributed by atoms with Gasteiger partial charge < -0.3 is 14.2 Å². The fourth-order valence-corrected chi connectivity index (χ4v) is 8.29. The predicted octanol–water partition coefficient (Wildman–Crippen LogP) is 6.60. The SMILES string of the molecule is O=C(NS(=O)(=O)C1CC1)c1ccc(N2C3CC[C@H]2CC(OCc2c(-c4c(Cl)cccc4Cl)noc2C2CC2)C3)c(F)c1. The molecule has 0 radical (unpaired) electrons. The molecule has 2 aromatic carbocycles. The Morgan fingerprint density at radius 1 is 1.05 bits per heavy atom. The lowest BCUT2D eigenvalue weighted by atomic mass is 9.98. The fraction of sp³-hybridized carbons (Fsp3) is 0.467. The van der Waals surface area contributed by atoms with Gasteiger partial charge in [0.15, 0.2) is 0 Å². The molecular weight excluding hydrogens is 604 g/mol. The van der Waals surface area contributed by atoms with Crippen molar-refractivity contribution in [3.8, 4) is 11.3 Å². The number of carbonyl (C=O) groups is 1. The van der Waals surface area contributed by atoms with E-state index in [9.17, 15) is 13.2 Å². The van der Waals surface area contributed by atoms with Gasteiger partial charge in [0.2, 0.25) is 10.0 Å². The maximum atomic E-state index is 15.4. The van der Waals surface area contributed by atoms with Crippen LogP contribution in [0.2, 0.25) is 10.0 Å². The van der Waals surface area contributed by atoms with Crippen molar-refractivity contribution in [2.45, 2.75) is 87.3 Å². The Morgan fingerprint density at radius 2 is 1.74 bits per heavy atom. The van der Waals surface area contributed by atoms with Crippen LogP contribution in [0.3, 0.4) is 0 Å². The quantitative estimate of drug-likeness (QED) is 0.283. The topological polar surface area (TPSA) is 102 Å². The van der Waals surface area contributed by atoms with Crippen LogP contribution in [0.4, 0.5) is 10.1 Å². The van der Waals surface area contributed by atoms with E-state index in [0.29, 0.717) is 52.4 Å². The van der Waals surface area contributed by atoms with Gasteiger partial charge in [-0.1, -0.05) is 34.4 Å². The molecule has 2 aliphatic carbocycles. The Morgan fingerprint density at radius 3 is 2.36 bits per heavy atom. The number of benzene rings is 2. The minimum atomic E-state index is -3.71. The molecular formula is C30H30Cl2FN3O5S. The lowest BCUT2D eigenvalue weighted by Gasteiger charge is -2.40. The first kappa shape index (κ1) is 28.1. The van der Waals surface area contributed by atoms with Crippen LogP contribution < -0.4 is 9.62 Å². The molecule has 1 N–H and O–H groups in total. The normalized spacial score (nSPS) is 23.8. The highest BCUT2D eigenvalue weighted by molar-refractivity contribution is 7.91. The molecule has 3 aromatic rings. The van der Waals surface area contributed by atoms with Crippen LogP contribution in [0.15, 0.2) is 40.9 Å². The monoisotopic (exact) mass is 633 g/mol. The lowest BCUT2D eigenvalue weighted by Crippen LogP contribution is -2.46. The molecule has 2 bridgehead atoms. The number of nitrogens with zero attached hydrogens (tertiary/aromatic N) is 2. The number of rotatable bonds is 9. The summed E-state index contributed by atoms with van der Waals surface area (Å²) >= 11 is 13.0. The summed E-state index contributed by atoms with van der Waals surface area (Å²) in [6.45, 7) is 0.318. The second-order valence-corrected chi connectivity index (χ2v) is 14.6. The number of aromatic nitrogens is 1. The molecule has 1 amide bonds. The van der Waals surface area contributed by atoms with E-state index in [0.717, 1.165) is 55.9 Å². The molecule has 12 heteroatoms. The summed E-state index contributed by atoms with van der Waals surface area (Å²) in [6, 6.07) is 9.72. The zero-order valence-electron chi connectivity index (χ0n) is 22.7. The van der Waals surface area contributed by atoms with Gasteiger partial charge in [0.25, 0.3) is 5.91 Å². The minimum Gasteiger partial charge on any atom is -0.373 e. The minimum absolute atomic E-state index is 0.0133. The van der Waals surface area contributed by atoms with Crippen LogP contribution in [0.1, 0.15) is 79.0 Å². The van der Waals surface area contributed by atoms with Crippen LogP contribution in [-0.4, -0.2) is 42.9 Å². The molecule has 2 saturated heterocycles. The van der Waals surface area contributed by atoms with E-state index in [1.165, 1.54) is 6.07 Å². The number of amides is 1. The van der Waals surface area contributed by atoms with E-state index in [-0.39, 0.29) is 23.8 Å². The first-order chi connectivity index (χ1) is 20.2. The average molecular weight is 635 g/mol. The van der Waals surface area contributed by atoms with Crippen molar-refractivity contribution >= 4 is 44.8 Å². The summed E-state index contributed by atoms with van der Waals surface area (Å²) in [7, 11) is -3.71. The highest BCUT2D eigenvalue weighted by atomic mass is 35.5. The van der Waals surface area contributed by atoms with Gasteiger partial charge in [0, 0.05) is 34.7 Å². The molecule has 1 aromatic heterocycles. The summed E-state index contributed by atoms with van der Waals surface area (Å²) in [5.74, 6) is -0.190. The zero-order valence-corrected chi connectivity index (χ0v) is 25.0.